The maximum atomic E-state index is 13.0. The summed E-state index contributed by atoms with van der Waals surface area (Å²) in [4.78, 5) is 25.5. The second-order valence-electron chi connectivity index (χ2n) is 7.01. The van der Waals surface area contributed by atoms with E-state index in [4.69, 9.17) is 30.5 Å². The lowest BCUT2D eigenvalue weighted by Crippen LogP contribution is -2.09. The molecule has 32 heavy (non-hydrogen) atoms. The Hall–Kier alpha value is -3.77. The largest absolute Gasteiger partial charge is 0.493 e. The van der Waals surface area contributed by atoms with Crippen LogP contribution in [0.3, 0.4) is 0 Å². The first kappa shape index (κ1) is 21.5. The van der Waals surface area contributed by atoms with Gasteiger partial charge in [-0.25, -0.2) is 4.79 Å². The molecule has 1 aliphatic rings. The number of halogens is 1. The molecule has 3 aromatic rings. The van der Waals surface area contributed by atoms with Gasteiger partial charge in [0.2, 0.25) is 5.78 Å². The molecule has 0 atom stereocenters. The second-order valence-corrected chi connectivity index (χ2v) is 7.41. The van der Waals surface area contributed by atoms with Gasteiger partial charge < -0.3 is 18.9 Å². The van der Waals surface area contributed by atoms with Crippen molar-refractivity contribution in [3.8, 4) is 23.0 Å². The van der Waals surface area contributed by atoms with E-state index in [0.29, 0.717) is 39.0 Å². The fraction of sp³-hybridized carbons (Fsp3) is 0.120. The number of methoxy groups -OCH3 is 2. The average molecular weight is 451 g/mol. The molecule has 162 valence electrons. The van der Waals surface area contributed by atoms with Gasteiger partial charge in [0.1, 0.15) is 11.5 Å². The predicted molar refractivity (Wildman–Crippen MR) is 120 cm³/mol. The summed E-state index contributed by atoms with van der Waals surface area (Å²) >= 11 is 6.08. The van der Waals surface area contributed by atoms with E-state index in [1.54, 1.807) is 61.5 Å². The number of fused-ring (bicyclic) bond motifs is 1. The van der Waals surface area contributed by atoms with Crippen LogP contribution in [0.1, 0.15) is 31.8 Å². The van der Waals surface area contributed by atoms with Crippen molar-refractivity contribution in [2.75, 3.05) is 14.2 Å². The van der Waals surface area contributed by atoms with E-state index < -0.39 is 5.97 Å². The van der Waals surface area contributed by atoms with E-state index in [0.717, 1.165) is 0 Å². The fourth-order valence-electron chi connectivity index (χ4n) is 3.49. The van der Waals surface area contributed by atoms with Gasteiger partial charge in [-0.05, 0) is 42.8 Å². The Morgan fingerprint density at radius 2 is 1.81 bits per heavy atom. The number of para-hydroxylation sites is 1. The molecule has 0 bridgehead atoms. The van der Waals surface area contributed by atoms with Crippen LogP contribution in [-0.2, 0) is 0 Å². The lowest BCUT2D eigenvalue weighted by atomic mass is 10.0. The minimum absolute atomic E-state index is 0.129. The Bertz CT molecular complexity index is 1260. The van der Waals surface area contributed by atoms with E-state index in [-0.39, 0.29) is 22.9 Å². The summed E-state index contributed by atoms with van der Waals surface area (Å²) in [6.07, 6.45) is 1.60. The van der Waals surface area contributed by atoms with Gasteiger partial charge in [0.15, 0.2) is 17.3 Å². The topological polar surface area (TPSA) is 71.1 Å². The maximum Gasteiger partial charge on any atom is 0.345 e. The maximum absolute atomic E-state index is 13.0. The summed E-state index contributed by atoms with van der Waals surface area (Å²) in [5, 5.41) is 0.291. The van der Waals surface area contributed by atoms with Crippen molar-refractivity contribution in [2.24, 2.45) is 0 Å². The average Bonchev–Trinajstić information content (AvgIpc) is 3.09. The molecule has 7 heteroatoms. The van der Waals surface area contributed by atoms with Crippen molar-refractivity contribution < 1.29 is 28.5 Å². The highest BCUT2D eigenvalue weighted by Gasteiger charge is 2.31. The van der Waals surface area contributed by atoms with Gasteiger partial charge in [-0.15, -0.1) is 0 Å². The Morgan fingerprint density at radius 1 is 1.03 bits per heavy atom. The van der Waals surface area contributed by atoms with Crippen LogP contribution < -0.4 is 18.9 Å². The first-order valence-electron chi connectivity index (χ1n) is 9.69. The molecule has 0 spiro atoms. The molecule has 0 saturated carbocycles. The number of Topliss-reactive ketones (excluding diaryl/α,β-unsaturated/α-hetero) is 1. The number of carbonyl (C=O) groups is 2. The third kappa shape index (κ3) is 3.92. The zero-order valence-corrected chi connectivity index (χ0v) is 18.4. The third-order valence-electron chi connectivity index (χ3n) is 4.97. The van der Waals surface area contributed by atoms with E-state index >= 15 is 0 Å². The molecular weight excluding hydrogens is 432 g/mol. The van der Waals surface area contributed by atoms with E-state index in [1.807, 2.05) is 0 Å². The highest BCUT2D eigenvalue weighted by molar-refractivity contribution is 6.33. The van der Waals surface area contributed by atoms with Crippen molar-refractivity contribution in [2.45, 2.75) is 6.92 Å². The number of benzene rings is 3. The van der Waals surface area contributed by atoms with Crippen LogP contribution in [0.15, 0.2) is 60.4 Å². The van der Waals surface area contributed by atoms with Crippen molar-refractivity contribution >= 4 is 29.4 Å². The standard InChI is InChI=1S/C25H19ClO6/c1-14-11-16(31-25(28)17-8-4-5-9-18(17)26)13-20-22(14)23(27)21(32-20)12-15-7-6-10-19(29-2)24(15)30-3/h4-13H,1-3H3/b21-12-. The zero-order chi connectivity index (χ0) is 22.8. The van der Waals surface area contributed by atoms with Crippen LogP contribution >= 0.6 is 11.6 Å². The Morgan fingerprint density at radius 3 is 2.53 bits per heavy atom. The van der Waals surface area contributed by atoms with E-state index in [1.165, 1.54) is 20.3 Å². The Balaban J connectivity index is 1.65. The Labute approximate surface area is 189 Å². The second kappa shape index (κ2) is 8.77. The molecule has 0 fully saturated rings. The first-order chi connectivity index (χ1) is 15.4. The van der Waals surface area contributed by atoms with Gasteiger partial charge in [0.05, 0.1) is 30.4 Å². The number of rotatable bonds is 5. The number of ether oxygens (including phenoxy) is 4. The molecule has 0 unspecified atom stereocenters. The molecule has 0 N–H and O–H groups in total. The minimum atomic E-state index is -0.601. The molecule has 0 aromatic heterocycles. The number of hydrogen-bond acceptors (Lipinski definition) is 6. The smallest absolute Gasteiger partial charge is 0.345 e. The monoisotopic (exact) mass is 450 g/mol. The van der Waals surface area contributed by atoms with Crippen LogP contribution in [0.25, 0.3) is 6.08 Å². The van der Waals surface area contributed by atoms with Crippen molar-refractivity contribution in [1.82, 2.24) is 0 Å². The van der Waals surface area contributed by atoms with Crippen LogP contribution in [0.5, 0.6) is 23.0 Å². The summed E-state index contributed by atoms with van der Waals surface area (Å²) in [7, 11) is 3.06. The summed E-state index contributed by atoms with van der Waals surface area (Å²) in [6.45, 7) is 1.75. The number of esters is 1. The Kier molecular flexibility index (Phi) is 5.88. The molecule has 0 radical (unpaired) electrons. The van der Waals surface area contributed by atoms with Crippen LogP contribution in [0.2, 0.25) is 5.02 Å². The third-order valence-corrected chi connectivity index (χ3v) is 5.30. The summed E-state index contributed by atoms with van der Waals surface area (Å²) in [5.41, 5.74) is 1.91. The van der Waals surface area contributed by atoms with Crippen LogP contribution in [0.4, 0.5) is 0 Å². The minimum Gasteiger partial charge on any atom is -0.493 e. The first-order valence-corrected chi connectivity index (χ1v) is 10.1. The molecule has 3 aromatic carbocycles. The summed E-state index contributed by atoms with van der Waals surface area (Å²) in [5.74, 6) is 0.840. The number of hydrogen-bond donors (Lipinski definition) is 0. The highest BCUT2D eigenvalue weighted by Crippen LogP contribution is 2.39. The molecule has 0 saturated heterocycles. The van der Waals surface area contributed by atoms with E-state index in [9.17, 15) is 9.59 Å². The van der Waals surface area contributed by atoms with Gasteiger partial charge in [0, 0.05) is 11.6 Å². The van der Waals surface area contributed by atoms with Crippen LogP contribution in [-0.4, -0.2) is 26.0 Å². The van der Waals surface area contributed by atoms with E-state index in [2.05, 4.69) is 0 Å². The van der Waals surface area contributed by atoms with Crippen molar-refractivity contribution in [3.05, 3.63) is 87.6 Å². The van der Waals surface area contributed by atoms with Crippen molar-refractivity contribution in [3.63, 3.8) is 0 Å². The lowest BCUT2D eigenvalue weighted by Gasteiger charge is -2.10. The molecule has 4 rings (SSSR count). The summed E-state index contributed by atoms with van der Waals surface area (Å²) in [6, 6.07) is 15.1. The number of allylic oxidation sites excluding steroid dienone is 1. The van der Waals surface area contributed by atoms with Gasteiger partial charge in [0.25, 0.3) is 0 Å². The molecule has 1 heterocycles. The molecule has 0 aliphatic carbocycles. The zero-order valence-electron chi connectivity index (χ0n) is 17.6. The number of ketones is 1. The fourth-order valence-corrected chi connectivity index (χ4v) is 3.70. The lowest BCUT2D eigenvalue weighted by molar-refractivity contribution is 0.0734. The van der Waals surface area contributed by atoms with Gasteiger partial charge in [-0.2, -0.15) is 0 Å². The van der Waals surface area contributed by atoms with Crippen molar-refractivity contribution in [1.29, 1.82) is 0 Å². The summed E-state index contributed by atoms with van der Waals surface area (Å²) < 4.78 is 22.0. The van der Waals surface area contributed by atoms with Crippen LogP contribution in [0, 0.1) is 6.92 Å². The highest BCUT2D eigenvalue weighted by atomic mass is 35.5. The number of aryl methyl sites for hydroxylation is 1. The number of carbonyl (C=O) groups excluding carboxylic acids is 2. The molecular formula is C25H19ClO6. The van der Waals surface area contributed by atoms with Gasteiger partial charge >= 0.3 is 5.97 Å². The molecule has 0 amide bonds. The normalized spacial score (nSPS) is 13.5. The quantitative estimate of drug-likeness (QED) is 0.290. The molecule has 6 nitrogen and oxygen atoms in total. The SMILES string of the molecule is COc1cccc(/C=C2\Oc3cc(OC(=O)c4ccccc4Cl)cc(C)c3C2=O)c1OC. The molecule has 1 aliphatic heterocycles. The van der Waals surface area contributed by atoms with Gasteiger partial charge in [-0.3, -0.25) is 4.79 Å². The predicted octanol–water partition coefficient (Wildman–Crippen LogP) is 5.50. The van der Waals surface area contributed by atoms with Gasteiger partial charge in [-0.1, -0.05) is 35.9 Å².